The Labute approximate surface area is 116 Å². The zero-order valence-electron chi connectivity index (χ0n) is 10.1. The Morgan fingerprint density at radius 1 is 1.00 bits per heavy atom. The summed E-state index contributed by atoms with van der Waals surface area (Å²) in [4.78, 5) is 4.33. The van der Waals surface area contributed by atoms with Gasteiger partial charge in [-0.05, 0) is 30.3 Å². The maximum absolute atomic E-state index is 12.6. The lowest BCUT2D eigenvalue weighted by molar-refractivity contribution is -0.137. The number of fused-ring (bicyclic) bond motifs is 1. The zero-order valence-corrected chi connectivity index (χ0v) is 10.9. The molecule has 6 heteroatoms. The number of halogens is 3. The summed E-state index contributed by atoms with van der Waals surface area (Å²) in [7, 11) is 0. The van der Waals surface area contributed by atoms with Gasteiger partial charge in [0.25, 0.3) is 0 Å². The monoisotopic (exact) mass is 294 g/mol. The lowest BCUT2D eigenvalue weighted by Crippen LogP contribution is -2.05. The van der Waals surface area contributed by atoms with E-state index in [9.17, 15) is 13.2 Å². The van der Waals surface area contributed by atoms with E-state index in [1.807, 2.05) is 24.3 Å². The number of alkyl halides is 3. The van der Waals surface area contributed by atoms with Crippen molar-refractivity contribution in [3.63, 3.8) is 0 Å². The van der Waals surface area contributed by atoms with Crippen LogP contribution in [0.2, 0.25) is 0 Å². The fourth-order valence-electron chi connectivity index (χ4n) is 1.82. The van der Waals surface area contributed by atoms with Gasteiger partial charge in [0.05, 0.1) is 15.8 Å². The maximum Gasteiger partial charge on any atom is 0.416 e. The second-order valence-electron chi connectivity index (χ2n) is 4.19. The van der Waals surface area contributed by atoms with Crippen LogP contribution in [0.15, 0.2) is 48.5 Å². The molecule has 0 amide bonds. The molecule has 3 aromatic rings. The van der Waals surface area contributed by atoms with Crippen molar-refractivity contribution < 1.29 is 13.2 Å². The Morgan fingerprint density at radius 3 is 2.55 bits per heavy atom. The summed E-state index contributed by atoms with van der Waals surface area (Å²) >= 11 is 1.40. The molecular weight excluding hydrogens is 285 g/mol. The number of rotatable bonds is 2. The van der Waals surface area contributed by atoms with Crippen LogP contribution in [0.4, 0.5) is 24.0 Å². The topological polar surface area (TPSA) is 24.9 Å². The third kappa shape index (κ3) is 2.60. The number of nitrogens with one attached hydrogen (secondary N) is 1. The molecule has 0 aliphatic rings. The molecule has 0 unspecified atom stereocenters. The molecule has 2 nitrogen and oxygen atoms in total. The van der Waals surface area contributed by atoms with Crippen molar-refractivity contribution in [3.8, 4) is 0 Å². The average Bonchev–Trinajstić information content (AvgIpc) is 2.80. The smallest absolute Gasteiger partial charge is 0.332 e. The largest absolute Gasteiger partial charge is 0.416 e. The molecule has 0 aliphatic heterocycles. The molecule has 0 radical (unpaired) electrons. The molecule has 0 spiro atoms. The number of nitrogens with zero attached hydrogens (tertiary/aromatic N) is 1. The van der Waals surface area contributed by atoms with E-state index in [-0.39, 0.29) is 0 Å². The first-order valence-corrected chi connectivity index (χ1v) is 6.64. The van der Waals surface area contributed by atoms with Crippen LogP contribution in [0.25, 0.3) is 10.2 Å². The zero-order chi connectivity index (χ0) is 14.2. The van der Waals surface area contributed by atoms with Crippen molar-refractivity contribution in [2.24, 2.45) is 0 Å². The van der Waals surface area contributed by atoms with E-state index >= 15 is 0 Å². The van der Waals surface area contributed by atoms with Crippen molar-refractivity contribution in [1.82, 2.24) is 4.98 Å². The van der Waals surface area contributed by atoms with E-state index < -0.39 is 11.7 Å². The minimum absolute atomic E-state index is 0.374. The fraction of sp³-hybridized carbons (Fsp3) is 0.0714. The van der Waals surface area contributed by atoms with Crippen LogP contribution in [0.1, 0.15) is 5.56 Å². The van der Waals surface area contributed by atoms with Crippen LogP contribution >= 0.6 is 11.3 Å². The van der Waals surface area contributed by atoms with Crippen molar-refractivity contribution in [3.05, 3.63) is 54.1 Å². The Balaban J connectivity index is 1.91. The van der Waals surface area contributed by atoms with E-state index in [4.69, 9.17) is 0 Å². The molecule has 1 aromatic heterocycles. The van der Waals surface area contributed by atoms with E-state index in [0.29, 0.717) is 10.8 Å². The molecule has 2 aromatic carbocycles. The van der Waals surface area contributed by atoms with Gasteiger partial charge in [-0.25, -0.2) is 4.98 Å². The number of hydrogen-bond acceptors (Lipinski definition) is 3. The highest BCUT2D eigenvalue weighted by Gasteiger charge is 2.30. The van der Waals surface area contributed by atoms with Crippen molar-refractivity contribution in [2.45, 2.75) is 6.18 Å². The molecule has 0 atom stereocenters. The Hall–Kier alpha value is -2.08. The van der Waals surface area contributed by atoms with Gasteiger partial charge in [-0.2, -0.15) is 13.2 Å². The Bertz CT molecular complexity index is 716. The van der Waals surface area contributed by atoms with Crippen LogP contribution < -0.4 is 5.32 Å². The number of benzene rings is 2. The van der Waals surface area contributed by atoms with E-state index in [1.165, 1.54) is 17.4 Å². The summed E-state index contributed by atoms with van der Waals surface area (Å²) in [6.45, 7) is 0. The molecule has 102 valence electrons. The first-order valence-electron chi connectivity index (χ1n) is 5.82. The summed E-state index contributed by atoms with van der Waals surface area (Å²) in [5, 5.41) is 3.49. The first kappa shape index (κ1) is 12.9. The number of anilines is 2. The predicted molar refractivity (Wildman–Crippen MR) is 74.3 cm³/mol. The molecule has 0 fully saturated rings. The maximum atomic E-state index is 12.6. The highest BCUT2D eigenvalue weighted by Crippen LogP contribution is 2.32. The fourth-order valence-corrected chi connectivity index (χ4v) is 2.71. The predicted octanol–water partition coefficient (Wildman–Crippen LogP) is 5.06. The second kappa shape index (κ2) is 4.79. The van der Waals surface area contributed by atoms with Crippen LogP contribution in [-0.2, 0) is 6.18 Å². The number of hydrogen-bond donors (Lipinski definition) is 1. The van der Waals surface area contributed by atoms with Crippen LogP contribution in [0, 0.1) is 0 Å². The van der Waals surface area contributed by atoms with Crippen molar-refractivity contribution >= 4 is 32.4 Å². The van der Waals surface area contributed by atoms with Gasteiger partial charge in [0.2, 0.25) is 0 Å². The lowest BCUT2D eigenvalue weighted by atomic mass is 10.2. The van der Waals surface area contributed by atoms with Gasteiger partial charge < -0.3 is 5.32 Å². The Kier molecular flexibility index (Phi) is 3.10. The SMILES string of the molecule is FC(F)(F)c1cccc(Nc2nc3ccccc3s2)c1. The molecule has 3 rings (SSSR count). The third-order valence-electron chi connectivity index (χ3n) is 2.74. The molecule has 0 aliphatic carbocycles. The molecule has 1 heterocycles. The lowest BCUT2D eigenvalue weighted by Gasteiger charge is -2.08. The summed E-state index contributed by atoms with van der Waals surface area (Å²) in [6.07, 6.45) is -4.34. The van der Waals surface area contributed by atoms with Gasteiger partial charge in [0, 0.05) is 5.69 Å². The quantitative estimate of drug-likeness (QED) is 0.714. The number of thiazole rings is 1. The Morgan fingerprint density at radius 2 is 1.80 bits per heavy atom. The first-order chi connectivity index (χ1) is 9.52. The summed E-state index contributed by atoms with van der Waals surface area (Å²) in [5.74, 6) is 0. The van der Waals surface area contributed by atoms with Gasteiger partial charge >= 0.3 is 6.18 Å². The van der Waals surface area contributed by atoms with Crippen LogP contribution in [-0.4, -0.2) is 4.98 Å². The van der Waals surface area contributed by atoms with E-state index in [0.717, 1.165) is 22.3 Å². The van der Waals surface area contributed by atoms with Crippen LogP contribution in [0.5, 0.6) is 0 Å². The molecule has 0 saturated heterocycles. The van der Waals surface area contributed by atoms with Crippen LogP contribution in [0.3, 0.4) is 0 Å². The molecule has 0 saturated carbocycles. The molecule has 20 heavy (non-hydrogen) atoms. The molecule has 1 N–H and O–H groups in total. The number of para-hydroxylation sites is 1. The normalized spacial score (nSPS) is 11.8. The highest BCUT2D eigenvalue weighted by atomic mass is 32.1. The second-order valence-corrected chi connectivity index (χ2v) is 5.22. The van der Waals surface area contributed by atoms with Gasteiger partial charge in [-0.15, -0.1) is 0 Å². The van der Waals surface area contributed by atoms with Gasteiger partial charge in [0.15, 0.2) is 5.13 Å². The minimum Gasteiger partial charge on any atom is -0.332 e. The van der Waals surface area contributed by atoms with E-state index in [2.05, 4.69) is 10.3 Å². The minimum atomic E-state index is -4.34. The third-order valence-corrected chi connectivity index (χ3v) is 3.69. The standard InChI is InChI=1S/C14H9F3N2S/c15-14(16,17)9-4-3-5-10(8-9)18-13-19-11-6-1-2-7-12(11)20-13/h1-8H,(H,18,19). The van der Waals surface area contributed by atoms with Crippen molar-refractivity contribution in [2.75, 3.05) is 5.32 Å². The average molecular weight is 294 g/mol. The molecule has 0 bridgehead atoms. The molecular formula is C14H9F3N2S. The summed E-state index contributed by atoms with van der Waals surface area (Å²) in [5.41, 5.74) is 0.523. The highest BCUT2D eigenvalue weighted by molar-refractivity contribution is 7.22. The van der Waals surface area contributed by atoms with E-state index in [1.54, 1.807) is 6.07 Å². The summed E-state index contributed by atoms with van der Waals surface area (Å²) < 4.78 is 38.9. The van der Waals surface area contributed by atoms with Crippen molar-refractivity contribution in [1.29, 1.82) is 0 Å². The number of aromatic nitrogens is 1. The van der Waals surface area contributed by atoms with Gasteiger partial charge in [-0.1, -0.05) is 29.5 Å². The summed E-state index contributed by atoms with van der Waals surface area (Å²) in [6, 6.07) is 12.6. The van der Waals surface area contributed by atoms with Gasteiger partial charge in [0.1, 0.15) is 0 Å². The van der Waals surface area contributed by atoms with Gasteiger partial charge in [-0.3, -0.25) is 0 Å².